The highest BCUT2D eigenvalue weighted by Crippen LogP contribution is 2.21. The average molecular weight is 293 g/mol. The molecule has 0 unspecified atom stereocenters. The third-order valence-corrected chi connectivity index (χ3v) is 2.78. The number of alkyl halides is 3. The zero-order valence-corrected chi connectivity index (χ0v) is 11.0. The van der Waals surface area contributed by atoms with Crippen molar-refractivity contribution in [3.8, 4) is 0 Å². The molecular formula is C13H15F4NO2. The Hall–Kier alpha value is -1.63. The molecule has 1 aromatic carbocycles. The predicted octanol–water partition coefficient (Wildman–Crippen LogP) is 3.30. The van der Waals surface area contributed by atoms with Crippen molar-refractivity contribution < 1.29 is 27.5 Å². The first kappa shape index (κ1) is 16.4. The summed E-state index contributed by atoms with van der Waals surface area (Å²) >= 11 is 0. The largest absolute Gasteiger partial charge is 0.478 e. The van der Waals surface area contributed by atoms with Crippen molar-refractivity contribution in [1.82, 2.24) is 4.90 Å². The molecule has 0 aliphatic carbocycles. The van der Waals surface area contributed by atoms with Crippen LogP contribution in [0, 0.1) is 5.82 Å². The third kappa shape index (κ3) is 4.80. The number of carboxylic acids is 1. The van der Waals surface area contributed by atoms with Gasteiger partial charge in [-0.15, -0.1) is 0 Å². The maximum Gasteiger partial charge on any atom is 0.401 e. The van der Waals surface area contributed by atoms with Crippen LogP contribution in [0.4, 0.5) is 17.6 Å². The lowest BCUT2D eigenvalue weighted by Crippen LogP contribution is -2.38. The second kappa shape index (κ2) is 6.21. The Morgan fingerprint density at radius 2 is 1.95 bits per heavy atom. The molecule has 0 saturated heterocycles. The van der Waals surface area contributed by atoms with Crippen molar-refractivity contribution in [2.45, 2.75) is 32.6 Å². The minimum Gasteiger partial charge on any atom is -0.478 e. The van der Waals surface area contributed by atoms with Crippen LogP contribution >= 0.6 is 0 Å². The Balaban J connectivity index is 3.04. The monoisotopic (exact) mass is 293 g/mol. The zero-order valence-electron chi connectivity index (χ0n) is 11.0. The second-order valence-corrected chi connectivity index (χ2v) is 4.72. The number of halogens is 4. The molecule has 0 atom stereocenters. The first-order valence-electron chi connectivity index (χ1n) is 5.92. The molecule has 3 nitrogen and oxygen atoms in total. The molecule has 1 rings (SSSR count). The summed E-state index contributed by atoms with van der Waals surface area (Å²) in [6.07, 6.45) is -4.40. The van der Waals surface area contributed by atoms with Crippen LogP contribution in [0.1, 0.15) is 29.8 Å². The topological polar surface area (TPSA) is 40.5 Å². The van der Waals surface area contributed by atoms with Crippen LogP contribution in [-0.2, 0) is 6.54 Å². The summed E-state index contributed by atoms with van der Waals surface area (Å²) in [5.41, 5.74) is -0.172. The predicted molar refractivity (Wildman–Crippen MR) is 65.0 cm³/mol. The molecule has 0 spiro atoms. The minimum atomic E-state index is -4.40. The van der Waals surface area contributed by atoms with E-state index in [2.05, 4.69) is 0 Å². The van der Waals surface area contributed by atoms with Crippen molar-refractivity contribution in [3.63, 3.8) is 0 Å². The smallest absolute Gasteiger partial charge is 0.401 e. The lowest BCUT2D eigenvalue weighted by atomic mass is 10.1. The number of carboxylic acid groups (broad SMARTS) is 1. The van der Waals surface area contributed by atoms with E-state index >= 15 is 0 Å². The van der Waals surface area contributed by atoms with E-state index in [0.29, 0.717) is 0 Å². The van der Waals surface area contributed by atoms with Crippen molar-refractivity contribution in [1.29, 1.82) is 0 Å². The summed E-state index contributed by atoms with van der Waals surface area (Å²) in [7, 11) is 0. The molecule has 0 bridgehead atoms. The first-order valence-corrected chi connectivity index (χ1v) is 5.92. The van der Waals surface area contributed by atoms with Crippen LogP contribution in [0.2, 0.25) is 0 Å². The summed E-state index contributed by atoms with van der Waals surface area (Å²) in [5.74, 6) is -1.98. The van der Waals surface area contributed by atoms with E-state index in [1.807, 2.05) is 0 Å². The molecule has 1 N–H and O–H groups in total. The number of aromatic carboxylic acids is 1. The summed E-state index contributed by atoms with van der Waals surface area (Å²) in [5, 5.41) is 8.98. The normalized spacial score (nSPS) is 12.2. The van der Waals surface area contributed by atoms with Crippen molar-refractivity contribution >= 4 is 5.97 Å². The van der Waals surface area contributed by atoms with Crippen LogP contribution in [0.25, 0.3) is 0 Å². The molecule has 7 heteroatoms. The molecule has 0 fully saturated rings. The fourth-order valence-corrected chi connectivity index (χ4v) is 1.77. The van der Waals surface area contributed by atoms with Crippen LogP contribution in [0.3, 0.4) is 0 Å². The number of carbonyl (C=O) groups is 1. The van der Waals surface area contributed by atoms with Crippen LogP contribution in [0.15, 0.2) is 18.2 Å². The Bertz CT molecular complexity index is 486. The van der Waals surface area contributed by atoms with E-state index in [-0.39, 0.29) is 17.7 Å². The standard InChI is InChI=1S/C13H15F4NO2/c1-8(2)18(7-13(15,16)17)6-9-5-10(14)3-4-11(9)12(19)20/h3-5,8H,6-7H2,1-2H3,(H,19,20). The maximum atomic E-state index is 13.2. The van der Waals surface area contributed by atoms with Gasteiger partial charge in [-0.05, 0) is 37.6 Å². The van der Waals surface area contributed by atoms with E-state index in [4.69, 9.17) is 5.11 Å². The quantitative estimate of drug-likeness (QED) is 0.847. The highest BCUT2D eigenvalue weighted by molar-refractivity contribution is 5.89. The molecule has 112 valence electrons. The van der Waals surface area contributed by atoms with Gasteiger partial charge in [-0.25, -0.2) is 9.18 Å². The summed E-state index contributed by atoms with van der Waals surface area (Å²) < 4.78 is 50.6. The van der Waals surface area contributed by atoms with E-state index < -0.39 is 30.5 Å². The van der Waals surface area contributed by atoms with Gasteiger partial charge in [-0.2, -0.15) is 13.2 Å². The zero-order chi connectivity index (χ0) is 15.5. The van der Waals surface area contributed by atoms with E-state index in [1.54, 1.807) is 13.8 Å². The average Bonchev–Trinajstić information content (AvgIpc) is 2.25. The van der Waals surface area contributed by atoms with Crippen molar-refractivity contribution in [2.24, 2.45) is 0 Å². The highest BCUT2D eigenvalue weighted by Gasteiger charge is 2.32. The van der Waals surface area contributed by atoms with Crippen molar-refractivity contribution in [3.05, 3.63) is 35.1 Å². The Morgan fingerprint density at radius 1 is 1.35 bits per heavy atom. The van der Waals surface area contributed by atoms with Gasteiger partial charge in [0.05, 0.1) is 12.1 Å². The minimum absolute atomic E-state index is 0.0236. The molecule has 0 radical (unpaired) electrons. The molecule has 0 amide bonds. The van der Waals surface area contributed by atoms with Crippen molar-refractivity contribution in [2.75, 3.05) is 6.54 Å². The fourth-order valence-electron chi connectivity index (χ4n) is 1.77. The first-order chi connectivity index (χ1) is 9.10. The molecule has 1 aromatic rings. The van der Waals surface area contributed by atoms with E-state index in [0.717, 1.165) is 23.1 Å². The van der Waals surface area contributed by atoms with E-state index in [1.165, 1.54) is 0 Å². The Labute approximate surface area is 113 Å². The molecule has 0 aromatic heterocycles. The molecule has 0 saturated carbocycles. The molecule has 0 aliphatic heterocycles. The summed E-state index contributed by atoms with van der Waals surface area (Å²) in [6.45, 7) is 1.66. The number of rotatable bonds is 5. The third-order valence-electron chi connectivity index (χ3n) is 2.78. The van der Waals surface area contributed by atoms with Crippen LogP contribution in [-0.4, -0.2) is 34.7 Å². The van der Waals surface area contributed by atoms with E-state index in [9.17, 15) is 22.4 Å². The Morgan fingerprint density at radius 3 is 2.40 bits per heavy atom. The summed E-state index contributed by atoms with van der Waals surface area (Å²) in [6, 6.07) is 2.52. The molecular weight excluding hydrogens is 278 g/mol. The molecule has 20 heavy (non-hydrogen) atoms. The maximum absolute atomic E-state index is 13.2. The Kier molecular flexibility index (Phi) is 5.10. The second-order valence-electron chi connectivity index (χ2n) is 4.72. The number of hydrogen-bond donors (Lipinski definition) is 1. The van der Waals surface area contributed by atoms with Gasteiger partial charge in [-0.3, -0.25) is 4.90 Å². The lowest BCUT2D eigenvalue weighted by molar-refractivity contribution is -0.150. The SMILES string of the molecule is CC(C)N(Cc1cc(F)ccc1C(=O)O)CC(F)(F)F. The van der Waals surface area contributed by atoms with Gasteiger partial charge in [0.15, 0.2) is 0 Å². The van der Waals surface area contributed by atoms with Gasteiger partial charge < -0.3 is 5.11 Å². The number of hydrogen-bond acceptors (Lipinski definition) is 2. The van der Waals surface area contributed by atoms with Gasteiger partial charge in [0.1, 0.15) is 5.82 Å². The van der Waals surface area contributed by atoms with Gasteiger partial charge in [0, 0.05) is 12.6 Å². The van der Waals surface area contributed by atoms with Gasteiger partial charge in [0.2, 0.25) is 0 Å². The van der Waals surface area contributed by atoms with Crippen LogP contribution < -0.4 is 0 Å². The molecule has 0 heterocycles. The molecule has 0 aliphatic rings. The lowest BCUT2D eigenvalue weighted by Gasteiger charge is -2.28. The number of nitrogens with zero attached hydrogens (tertiary/aromatic N) is 1. The van der Waals surface area contributed by atoms with Gasteiger partial charge in [-0.1, -0.05) is 0 Å². The van der Waals surface area contributed by atoms with Gasteiger partial charge >= 0.3 is 12.1 Å². The highest BCUT2D eigenvalue weighted by atomic mass is 19.4. The summed E-state index contributed by atoms with van der Waals surface area (Å²) in [4.78, 5) is 12.0. The van der Waals surface area contributed by atoms with Crippen LogP contribution in [0.5, 0.6) is 0 Å². The fraction of sp³-hybridized carbons (Fsp3) is 0.462. The van der Waals surface area contributed by atoms with Gasteiger partial charge in [0.25, 0.3) is 0 Å². The number of benzene rings is 1.